The van der Waals surface area contributed by atoms with Crippen molar-refractivity contribution >= 4 is 24.9 Å². The van der Waals surface area contributed by atoms with Gasteiger partial charge in [0.1, 0.15) is 5.75 Å². The number of phenolic OH excluding ortho intramolecular Hbond substituents is 1. The quantitative estimate of drug-likeness (QED) is 0.583. The highest BCUT2D eigenvalue weighted by Crippen LogP contribution is 2.21. The van der Waals surface area contributed by atoms with Crippen molar-refractivity contribution in [3.8, 4) is 16.9 Å². The molecule has 3 rings (SSSR count). The Morgan fingerprint density at radius 3 is 1.43 bits per heavy atom. The van der Waals surface area contributed by atoms with Gasteiger partial charge in [0.15, 0.2) is 0 Å². The maximum absolute atomic E-state index is 8.81. The fraction of sp³-hybridized carbons (Fsp3) is 0.0526. The van der Waals surface area contributed by atoms with E-state index in [9.17, 15) is 0 Å². The largest absolute Gasteiger partial charge is 0.508 e. The topological polar surface area (TPSA) is 72.3 Å². The third-order valence-electron chi connectivity index (χ3n) is 3.16. The summed E-state index contributed by atoms with van der Waals surface area (Å²) in [6.45, 7) is 1.94. The molecule has 0 amide bonds. The number of hydrogen-bond acceptors (Lipinski definition) is 3. The fourth-order valence-corrected chi connectivity index (χ4v) is 1.98. The lowest BCUT2D eigenvalue weighted by Gasteiger charge is -2.02. The first-order valence-corrected chi connectivity index (χ1v) is 7.02. The third kappa shape index (κ3) is 5.96. The van der Waals surface area contributed by atoms with Gasteiger partial charge in [-0.25, -0.2) is 0 Å². The molecule has 0 atom stereocenters. The van der Waals surface area contributed by atoms with Crippen molar-refractivity contribution in [1.29, 1.82) is 0 Å². The molecule has 0 fully saturated rings. The highest BCUT2D eigenvalue weighted by atomic mass is 32.1. The molecule has 0 saturated carbocycles. The zero-order valence-electron chi connectivity index (χ0n) is 13.0. The molecule has 0 heterocycles. The normalized spacial score (nSPS) is 9.26. The van der Waals surface area contributed by atoms with Gasteiger partial charge in [-0.15, -0.1) is 0 Å². The molecule has 0 unspecified atom stereocenters. The minimum atomic E-state index is 0. The zero-order chi connectivity index (χ0) is 15.9. The van der Waals surface area contributed by atoms with Gasteiger partial charge in [0.05, 0.1) is 0 Å². The Balaban J connectivity index is 0.000000253. The van der Waals surface area contributed by atoms with E-state index in [1.165, 1.54) is 0 Å². The molecule has 0 bridgehead atoms. The molecule has 0 radical (unpaired) electrons. The molecule has 120 valence electrons. The van der Waals surface area contributed by atoms with E-state index >= 15 is 0 Å². The molecule has 5 N–H and O–H groups in total. The van der Waals surface area contributed by atoms with Gasteiger partial charge in [-0.1, -0.05) is 36.4 Å². The maximum atomic E-state index is 8.81. The van der Waals surface area contributed by atoms with Gasteiger partial charge in [0.25, 0.3) is 0 Å². The number of aromatic hydroxyl groups is 1. The number of hydrogen-bond donors (Lipinski definition) is 3. The van der Waals surface area contributed by atoms with Crippen molar-refractivity contribution in [2.75, 3.05) is 11.5 Å². The SMILES string of the molecule is Cc1cccc(O)c1.Nc1ccc(-c2ccc(N)cc2)cc1.S. The summed E-state index contributed by atoms with van der Waals surface area (Å²) in [5.41, 5.74) is 16.2. The molecular weight excluding hydrogens is 304 g/mol. The summed E-state index contributed by atoms with van der Waals surface area (Å²) in [5.74, 6) is 0.338. The summed E-state index contributed by atoms with van der Waals surface area (Å²) in [5, 5.41) is 8.81. The van der Waals surface area contributed by atoms with Crippen LogP contribution in [-0.4, -0.2) is 5.11 Å². The molecule has 4 heteroatoms. The molecule has 0 aromatic heterocycles. The van der Waals surface area contributed by atoms with E-state index < -0.39 is 0 Å². The Morgan fingerprint density at radius 2 is 1.13 bits per heavy atom. The number of aryl methyl sites for hydroxylation is 1. The Kier molecular flexibility index (Phi) is 7.03. The van der Waals surface area contributed by atoms with Gasteiger partial charge < -0.3 is 16.6 Å². The molecule has 0 aliphatic carbocycles. The molecular formula is C19H22N2OS. The number of benzene rings is 3. The third-order valence-corrected chi connectivity index (χ3v) is 3.16. The van der Waals surface area contributed by atoms with Crippen LogP contribution in [-0.2, 0) is 0 Å². The summed E-state index contributed by atoms with van der Waals surface area (Å²) in [6.07, 6.45) is 0. The van der Waals surface area contributed by atoms with Crippen molar-refractivity contribution in [3.05, 3.63) is 78.4 Å². The van der Waals surface area contributed by atoms with Crippen molar-refractivity contribution in [1.82, 2.24) is 0 Å². The van der Waals surface area contributed by atoms with Gasteiger partial charge in [-0.3, -0.25) is 0 Å². The van der Waals surface area contributed by atoms with Crippen LogP contribution in [0.2, 0.25) is 0 Å². The van der Waals surface area contributed by atoms with E-state index in [0.717, 1.165) is 28.1 Å². The Labute approximate surface area is 144 Å². The standard InChI is InChI=1S/C12H12N2.C7H8O.H2S/c13-11-5-1-9(2-6-11)10-3-7-12(14)8-4-10;1-6-3-2-4-7(8)5-6;/h1-8H,13-14H2;2-5,8H,1H3;1H2. The van der Waals surface area contributed by atoms with E-state index in [0.29, 0.717) is 5.75 Å². The number of rotatable bonds is 1. The van der Waals surface area contributed by atoms with Crippen LogP contribution >= 0.6 is 13.5 Å². The lowest BCUT2D eigenvalue weighted by molar-refractivity contribution is 0.475. The molecule has 0 aliphatic rings. The second-order valence-electron chi connectivity index (χ2n) is 5.08. The Morgan fingerprint density at radius 1 is 0.696 bits per heavy atom. The second kappa shape index (κ2) is 8.76. The molecule has 23 heavy (non-hydrogen) atoms. The van der Waals surface area contributed by atoms with E-state index in [4.69, 9.17) is 16.6 Å². The monoisotopic (exact) mass is 326 g/mol. The molecule has 3 aromatic carbocycles. The molecule has 0 aliphatic heterocycles. The predicted octanol–water partition coefficient (Wildman–Crippen LogP) is 4.33. The minimum Gasteiger partial charge on any atom is -0.508 e. The number of nitrogens with two attached hydrogens (primary N) is 2. The Bertz CT molecular complexity index is 664. The number of phenols is 1. The summed E-state index contributed by atoms with van der Waals surface area (Å²) >= 11 is 0. The first kappa shape index (κ1) is 18.5. The highest BCUT2D eigenvalue weighted by Gasteiger charge is 1.95. The summed E-state index contributed by atoms with van der Waals surface area (Å²) < 4.78 is 0. The summed E-state index contributed by atoms with van der Waals surface area (Å²) in [7, 11) is 0. The van der Waals surface area contributed by atoms with Gasteiger partial charge in [0.2, 0.25) is 0 Å². The second-order valence-corrected chi connectivity index (χ2v) is 5.08. The lowest BCUT2D eigenvalue weighted by atomic mass is 10.1. The first-order chi connectivity index (χ1) is 10.5. The first-order valence-electron chi connectivity index (χ1n) is 7.02. The molecule has 0 saturated heterocycles. The maximum Gasteiger partial charge on any atom is 0.115 e. The predicted molar refractivity (Wildman–Crippen MR) is 104 cm³/mol. The fourth-order valence-electron chi connectivity index (χ4n) is 1.98. The van der Waals surface area contributed by atoms with Crippen LogP contribution in [0.15, 0.2) is 72.8 Å². The van der Waals surface area contributed by atoms with Crippen LogP contribution in [0.5, 0.6) is 5.75 Å². The zero-order valence-corrected chi connectivity index (χ0v) is 14.0. The van der Waals surface area contributed by atoms with Gasteiger partial charge >= 0.3 is 0 Å². The van der Waals surface area contributed by atoms with E-state index in [2.05, 4.69) is 0 Å². The number of nitrogen functional groups attached to an aromatic ring is 2. The van der Waals surface area contributed by atoms with Gasteiger partial charge in [-0.05, 0) is 60.0 Å². The smallest absolute Gasteiger partial charge is 0.115 e. The molecule has 3 aromatic rings. The summed E-state index contributed by atoms with van der Waals surface area (Å²) in [6, 6.07) is 22.7. The van der Waals surface area contributed by atoms with Gasteiger partial charge in [-0.2, -0.15) is 13.5 Å². The van der Waals surface area contributed by atoms with Crippen LogP contribution in [0.25, 0.3) is 11.1 Å². The minimum absolute atomic E-state index is 0. The van der Waals surface area contributed by atoms with Crippen LogP contribution in [0, 0.1) is 6.92 Å². The highest BCUT2D eigenvalue weighted by molar-refractivity contribution is 7.59. The van der Waals surface area contributed by atoms with E-state index in [1.807, 2.05) is 67.6 Å². The average molecular weight is 326 g/mol. The van der Waals surface area contributed by atoms with Crippen LogP contribution in [0.1, 0.15) is 5.56 Å². The Hall–Kier alpha value is -2.59. The van der Waals surface area contributed by atoms with Crippen LogP contribution < -0.4 is 11.5 Å². The average Bonchev–Trinajstić information content (AvgIpc) is 2.49. The van der Waals surface area contributed by atoms with Crippen molar-refractivity contribution in [2.45, 2.75) is 6.92 Å². The van der Waals surface area contributed by atoms with E-state index in [1.54, 1.807) is 12.1 Å². The van der Waals surface area contributed by atoms with Gasteiger partial charge in [0, 0.05) is 11.4 Å². The lowest BCUT2D eigenvalue weighted by Crippen LogP contribution is -1.85. The molecule has 3 nitrogen and oxygen atoms in total. The van der Waals surface area contributed by atoms with E-state index in [-0.39, 0.29) is 13.5 Å². The van der Waals surface area contributed by atoms with Crippen LogP contribution in [0.3, 0.4) is 0 Å². The molecule has 0 spiro atoms. The number of anilines is 2. The van der Waals surface area contributed by atoms with Crippen molar-refractivity contribution in [2.24, 2.45) is 0 Å². The van der Waals surface area contributed by atoms with Crippen molar-refractivity contribution in [3.63, 3.8) is 0 Å². The van der Waals surface area contributed by atoms with Crippen LogP contribution in [0.4, 0.5) is 11.4 Å². The van der Waals surface area contributed by atoms with Crippen molar-refractivity contribution < 1.29 is 5.11 Å². The summed E-state index contributed by atoms with van der Waals surface area (Å²) in [4.78, 5) is 0.